The summed E-state index contributed by atoms with van der Waals surface area (Å²) in [4.78, 5) is 11.0. The lowest BCUT2D eigenvalue weighted by molar-refractivity contribution is -0.111. The molecule has 0 amide bonds. The van der Waals surface area contributed by atoms with Gasteiger partial charge in [0, 0.05) is 6.61 Å². The predicted molar refractivity (Wildman–Crippen MR) is 66.8 cm³/mol. The van der Waals surface area contributed by atoms with Gasteiger partial charge in [0.25, 0.3) is 0 Å². The molecule has 2 unspecified atom stereocenters. The lowest BCUT2D eigenvalue weighted by atomic mass is 9.92. The van der Waals surface area contributed by atoms with Crippen LogP contribution in [-0.2, 0) is 19.0 Å². The number of ether oxygens (including phenoxy) is 3. The second kappa shape index (κ2) is 5.40. The Morgan fingerprint density at radius 3 is 2.83 bits per heavy atom. The van der Waals surface area contributed by atoms with E-state index in [1.807, 2.05) is 26.0 Å². The number of allylic oxidation sites excluding steroid dienone is 4. The van der Waals surface area contributed by atoms with Crippen LogP contribution in [0.1, 0.15) is 13.8 Å². The fourth-order valence-electron chi connectivity index (χ4n) is 1.75. The number of carbonyl (C=O) groups excluding carboxylic acids is 1. The second-order valence-corrected chi connectivity index (χ2v) is 4.59. The summed E-state index contributed by atoms with van der Waals surface area (Å²) in [5.41, 5.74) is -0.598. The third-order valence-electron chi connectivity index (χ3n) is 2.91. The van der Waals surface area contributed by atoms with Gasteiger partial charge in [-0.3, -0.25) is 0 Å². The van der Waals surface area contributed by atoms with Crippen LogP contribution in [0.3, 0.4) is 0 Å². The number of aldehydes is 1. The van der Waals surface area contributed by atoms with E-state index in [2.05, 4.69) is 0 Å². The Balaban J connectivity index is 2.10. The van der Waals surface area contributed by atoms with E-state index in [0.29, 0.717) is 31.3 Å². The van der Waals surface area contributed by atoms with Crippen LogP contribution in [0.15, 0.2) is 35.8 Å². The van der Waals surface area contributed by atoms with E-state index < -0.39 is 5.41 Å². The molecule has 2 rings (SSSR count). The van der Waals surface area contributed by atoms with Crippen LogP contribution >= 0.6 is 0 Å². The zero-order valence-electron chi connectivity index (χ0n) is 10.7. The van der Waals surface area contributed by atoms with Crippen molar-refractivity contribution in [1.82, 2.24) is 0 Å². The van der Waals surface area contributed by atoms with Gasteiger partial charge >= 0.3 is 0 Å². The molecule has 2 aliphatic rings. The molecule has 2 atom stereocenters. The number of hydrogen-bond acceptors (Lipinski definition) is 4. The number of hydrogen-bond donors (Lipinski definition) is 0. The molecule has 0 radical (unpaired) electrons. The Kier molecular flexibility index (Phi) is 3.87. The average molecular weight is 250 g/mol. The highest BCUT2D eigenvalue weighted by Crippen LogP contribution is 2.28. The first kappa shape index (κ1) is 12.9. The van der Waals surface area contributed by atoms with Gasteiger partial charge in [-0.2, -0.15) is 0 Å². The fraction of sp³-hybridized carbons (Fsp3) is 0.500. The first-order chi connectivity index (χ1) is 8.67. The molecular weight excluding hydrogens is 232 g/mol. The molecular formula is C14H18O4. The summed E-state index contributed by atoms with van der Waals surface area (Å²) in [5, 5.41) is 0. The second-order valence-electron chi connectivity index (χ2n) is 4.59. The van der Waals surface area contributed by atoms with Crippen LogP contribution in [0.4, 0.5) is 0 Å². The number of rotatable bonds is 4. The molecule has 0 aromatic heterocycles. The zero-order valence-corrected chi connectivity index (χ0v) is 10.7. The minimum Gasteiger partial charge on any atom is -0.486 e. The van der Waals surface area contributed by atoms with Crippen molar-refractivity contribution in [3.8, 4) is 0 Å². The van der Waals surface area contributed by atoms with E-state index in [0.717, 1.165) is 6.29 Å². The summed E-state index contributed by atoms with van der Waals surface area (Å²) in [5.74, 6) is 1.33. The SMILES string of the molecule is CCOCC1COC2=C(C=CC(C)(C=O)C=C2)O1. The van der Waals surface area contributed by atoms with Crippen LogP contribution in [0.5, 0.6) is 0 Å². The predicted octanol–water partition coefficient (Wildman–Crippen LogP) is 1.98. The molecule has 0 aromatic carbocycles. The van der Waals surface area contributed by atoms with Crippen molar-refractivity contribution in [3.05, 3.63) is 35.8 Å². The molecule has 98 valence electrons. The van der Waals surface area contributed by atoms with Crippen molar-refractivity contribution in [2.45, 2.75) is 20.0 Å². The van der Waals surface area contributed by atoms with E-state index in [4.69, 9.17) is 14.2 Å². The van der Waals surface area contributed by atoms with Crippen LogP contribution in [-0.4, -0.2) is 32.2 Å². The van der Waals surface area contributed by atoms with Crippen molar-refractivity contribution in [3.63, 3.8) is 0 Å². The van der Waals surface area contributed by atoms with Gasteiger partial charge in [-0.15, -0.1) is 0 Å². The standard InChI is InChI=1S/C14H18O4/c1-3-16-8-11-9-17-12-4-6-14(2,10-15)7-5-13(12)18-11/h4-7,10-11H,3,8-9H2,1-2H3. The van der Waals surface area contributed by atoms with E-state index >= 15 is 0 Å². The van der Waals surface area contributed by atoms with Crippen molar-refractivity contribution >= 4 is 6.29 Å². The van der Waals surface area contributed by atoms with E-state index in [1.54, 1.807) is 12.2 Å². The van der Waals surface area contributed by atoms with E-state index in [9.17, 15) is 4.79 Å². The molecule has 0 fully saturated rings. The summed E-state index contributed by atoms with van der Waals surface area (Å²) in [7, 11) is 0. The Labute approximate surface area is 107 Å². The average Bonchev–Trinajstić information content (AvgIpc) is 2.57. The maximum atomic E-state index is 11.0. The Bertz CT molecular complexity index is 408. The summed E-state index contributed by atoms with van der Waals surface area (Å²) in [6, 6.07) is 0. The van der Waals surface area contributed by atoms with Gasteiger partial charge in [-0.25, -0.2) is 0 Å². The Hall–Kier alpha value is -1.55. The largest absolute Gasteiger partial charge is 0.486 e. The highest BCUT2D eigenvalue weighted by molar-refractivity contribution is 5.66. The van der Waals surface area contributed by atoms with Crippen molar-refractivity contribution < 1.29 is 19.0 Å². The maximum absolute atomic E-state index is 11.0. The molecule has 4 heteroatoms. The van der Waals surface area contributed by atoms with Crippen LogP contribution in [0.2, 0.25) is 0 Å². The van der Waals surface area contributed by atoms with E-state index in [-0.39, 0.29) is 6.10 Å². The summed E-state index contributed by atoms with van der Waals surface area (Å²) >= 11 is 0. The lowest BCUT2D eigenvalue weighted by Gasteiger charge is -2.26. The molecule has 0 spiro atoms. The quantitative estimate of drug-likeness (QED) is 0.716. The monoisotopic (exact) mass is 250 g/mol. The molecule has 1 aliphatic heterocycles. The Morgan fingerprint density at radius 2 is 2.17 bits per heavy atom. The molecule has 0 N–H and O–H groups in total. The third-order valence-corrected chi connectivity index (χ3v) is 2.91. The molecule has 0 aromatic rings. The van der Waals surface area contributed by atoms with Crippen molar-refractivity contribution in [1.29, 1.82) is 0 Å². The molecule has 0 bridgehead atoms. The summed E-state index contributed by atoms with van der Waals surface area (Å²) in [6.07, 6.45) is 8.01. The third kappa shape index (κ3) is 2.82. The van der Waals surface area contributed by atoms with Gasteiger partial charge in [0.15, 0.2) is 17.6 Å². The molecule has 4 nitrogen and oxygen atoms in total. The lowest BCUT2D eigenvalue weighted by Crippen LogP contribution is -2.29. The van der Waals surface area contributed by atoms with Crippen molar-refractivity contribution in [2.24, 2.45) is 5.41 Å². The van der Waals surface area contributed by atoms with Crippen LogP contribution < -0.4 is 0 Å². The maximum Gasteiger partial charge on any atom is 0.161 e. The van der Waals surface area contributed by atoms with Gasteiger partial charge in [0.2, 0.25) is 0 Å². The fourth-order valence-corrected chi connectivity index (χ4v) is 1.75. The topological polar surface area (TPSA) is 44.8 Å². The van der Waals surface area contributed by atoms with Gasteiger partial charge in [-0.1, -0.05) is 12.2 Å². The first-order valence-electron chi connectivity index (χ1n) is 6.13. The van der Waals surface area contributed by atoms with Crippen molar-refractivity contribution in [2.75, 3.05) is 19.8 Å². The first-order valence-corrected chi connectivity index (χ1v) is 6.13. The molecule has 1 heterocycles. The summed E-state index contributed by atoms with van der Waals surface area (Å²) < 4.78 is 16.7. The highest BCUT2D eigenvalue weighted by atomic mass is 16.6. The van der Waals surface area contributed by atoms with Crippen LogP contribution in [0, 0.1) is 5.41 Å². The molecule has 18 heavy (non-hydrogen) atoms. The molecule has 1 aliphatic carbocycles. The van der Waals surface area contributed by atoms with E-state index in [1.165, 1.54) is 0 Å². The minimum absolute atomic E-state index is 0.0951. The van der Waals surface area contributed by atoms with Gasteiger partial charge < -0.3 is 19.0 Å². The molecule has 0 saturated heterocycles. The van der Waals surface area contributed by atoms with Gasteiger partial charge in [0.1, 0.15) is 12.9 Å². The minimum atomic E-state index is -0.598. The number of carbonyl (C=O) groups is 1. The zero-order chi connectivity index (χ0) is 13.0. The smallest absolute Gasteiger partial charge is 0.161 e. The van der Waals surface area contributed by atoms with Crippen LogP contribution in [0.25, 0.3) is 0 Å². The normalized spacial score (nSPS) is 30.2. The van der Waals surface area contributed by atoms with Gasteiger partial charge in [-0.05, 0) is 26.0 Å². The molecule has 0 saturated carbocycles. The highest BCUT2D eigenvalue weighted by Gasteiger charge is 2.25. The van der Waals surface area contributed by atoms with Gasteiger partial charge in [0.05, 0.1) is 12.0 Å². The Morgan fingerprint density at radius 1 is 1.44 bits per heavy atom. The summed E-state index contributed by atoms with van der Waals surface area (Å²) in [6.45, 7) is 5.41.